The van der Waals surface area contributed by atoms with Crippen molar-refractivity contribution in [2.24, 2.45) is 0 Å². The lowest BCUT2D eigenvalue weighted by Gasteiger charge is -2.27. The number of phenolic OH excluding ortho intramolecular Hbond substituents is 1. The van der Waals surface area contributed by atoms with Crippen LogP contribution in [0.4, 0.5) is 5.69 Å². The van der Waals surface area contributed by atoms with Gasteiger partial charge in [0.2, 0.25) is 0 Å². The number of aromatic nitrogens is 1. The molecule has 0 radical (unpaired) electrons. The van der Waals surface area contributed by atoms with Crippen molar-refractivity contribution in [1.29, 1.82) is 0 Å². The molecule has 0 atom stereocenters. The Morgan fingerprint density at radius 1 is 0.946 bits per heavy atom. The molecular weight excluding hydrogens is 462 g/mol. The fraction of sp³-hybridized carbons (Fsp3) is 0.290. The average Bonchev–Trinajstić information content (AvgIpc) is 3.22. The highest BCUT2D eigenvalue weighted by atomic mass is 16.3. The molecule has 0 unspecified atom stereocenters. The summed E-state index contributed by atoms with van der Waals surface area (Å²) < 4.78 is 2.03. The molecule has 3 aromatic carbocycles. The molecule has 0 aliphatic carbocycles. The molecule has 6 nitrogen and oxygen atoms in total. The average molecular weight is 496 g/mol. The van der Waals surface area contributed by atoms with Gasteiger partial charge in [-0.2, -0.15) is 0 Å². The first-order valence-corrected chi connectivity index (χ1v) is 13.1. The number of nitrogens with zero attached hydrogens (tertiary/aromatic N) is 2. The highest BCUT2D eigenvalue weighted by molar-refractivity contribution is 6.17. The summed E-state index contributed by atoms with van der Waals surface area (Å²) in [6.07, 6.45) is 3.68. The lowest BCUT2D eigenvalue weighted by molar-refractivity contribution is 0.0984. The van der Waals surface area contributed by atoms with Gasteiger partial charge in [-0.25, -0.2) is 0 Å². The van der Waals surface area contributed by atoms with Crippen molar-refractivity contribution in [3.05, 3.63) is 89.1 Å². The zero-order valence-corrected chi connectivity index (χ0v) is 21.5. The lowest BCUT2D eigenvalue weighted by atomic mass is 9.96. The van der Waals surface area contributed by atoms with Gasteiger partial charge in [0.05, 0.1) is 16.6 Å². The molecule has 2 heterocycles. The third-order valence-corrected chi connectivity index (χ3v) is 7.29. The molecule has 0 saturated carbocycles. The third-order valence-electron chi connectivity index (χ3n) is 7.29. The molecule has 1 fully saturated rings. The number of carbonyl (C=O) groups is 2. The quantitative estimate of drug-likeness (QED) is 0.288. The van der Waals surface area contributed by atoms with Crippen LogP contribution in [-0.4, -0.2) is 39.4 Å². The number of piperidine rings is 1. The van der Waals surface area contributed by atoms with E-state index in [1.54, 1.807) is 13.0 Å². The van der Waals surface area contributed by atoms with Gasteiger partial charge in [0.1, 0.15) is 5.75 Å². The SMILES string of the molecule is CCC(=O)c1cc2c(c(CN3CCCCC3)c1O)c(C(=O)Nc1ccccc1)c(C)n2-c1ccccc1. The number of likely N-dealkylation sites (tertiary alicyclic amines) is 1. The van der Waals surface area contributed by atoms with Crippen LogP contribution in [0.1, 0.15) is 64.6 Å². The maximum Gasteiger partial charge on any atom is 0.258 e. The molecule has 1 aromatic heterocycles. The van der Waals surface area contributed by atoms with Crippen LogP contribution < -0.4 is 5.32 Å². The number of fused-ring (bicyclic) bond motifs is 1. The molecule has 6 heteroatoms. The van der Waals surface area contributed by atoms with Crippen molar-refractivity contribution in [3.8, 4) is 11.4 Å². The number of para-hydroxylation sites is 2. The topological polar surface area (TPSA) is 74.6 Å². The standard InChI is InChI=1S/C31H33N3O3/c1-3-27(35)24-19-26-29(25(30(24)36)20-33-17-11-6-12-18-33)28(31(37)32-22-13-7-4-8-14-22)21(2)34(26)23-15-9-5-10-16-23/h4-5,7-10,13-16,19,36H,3,6,11-12,17-18,20H2,1-2H3,(H,32,37). The zero-order chi connectivity index (χ0) is 25.9. The molecule has 0 bridgehead atoms. The number of benzene rings is 3. The van der Waals surface area contributed by atoms with Crippen molar-refractivity contribution < 1.29 is 14.7 Å². The van der Waals surface area contributed by atoms with Gasteiger partial charge in [0, 0.05) is 41.0 Å². The first-order valence-electron chi connectivity index (χ1n) is 13.1. The van der Waals surface area contributed by atoms with Crippen molar-refractivity contribution in [1.82, 2.24) is 9.47 Å². The van der Waals surface area contributed by atoms with E-state index in [0.717, 1.165) is 42.8 Å². The van der Waals surface area contributed by atoms with Gasteiger partial charge < -0.3 is 15.0 Å². The number of ketones is 1. The number of nitrogens with one attached hydrogen (secondary N) is 1. The Kier molecular flexibility index (Phi) is 7.10. The summed E-state index contributed by atoms with van der Waals surface area (Å²) in [6, 6.07) is 21.0. The van der Waals surface area contributed by atoms with Crippen LogP contribution in [0.3, 0.4) is 0 Å². The summed E-state index contributed by atoms with van der Waals surface area (Å²) in [5, 5.41) is 15.2. The molecule has 1 aliphatic rings. The van der Waals surface area contributed by atoms with Crippen molar-refractivity contribution >= 4 is 28.3 Å². The van der Waals surface area contributed by atoms with E-state index < -0.39 is 0 Å². The van der Waals surface area contributed by atoms with E-state index in [1.807, 2.05) is 72.2 Å². The number of hydrogen-bond donors (Lipinski definition) is 2. The maximum absolute atomic E-state index is 13.8. The van der Waals surface area contributed by atoms with Gasteiger partial charge in [0.15, 0.2) is 5.78 Å². The van der Waals surface area contributed by atoms with Gasteiger partial charge >= 0.3 is 0 Å². The van der Waals surface area contributed by atoms with Crippen LogP contribution in [0.5, 0.6) is 5.75 Å². The first kappa shape index (κ1) is 24.8. The number of aromatic hydroxyl groups is 1. The van der Waals surface area contributed by atoms with E-state index >= 15 is 0 Å². The van der Waals surface area contributed by atoms with Crippen LogP contribution in [0.2, 0.25) is 0 Å². The van der Waals surface area contributed by atoms with Gasteiger partial charge in [-0.1, -0.05) is 49.7 Å². The molecule has 1 amide bonds. The highest BCUT2D eigenvalue weighted by Gasteiger charge is 2.29. The number of anilines is 1. The molecule has 1 aliphatic heterocycles. The second-order valence-electron chi connectivity index (χ2n) is 9.71. The van der Waals surface area contributed by atoms with Crippen LogP contribution in [-0.2, 0) is 6.54 Å². The van der Waals surface area contributed by atoms with Crippen molar-refractivity contribution in [2.75, 3.05) is 18.4 Å². The van der Waals surface area contributed by atoms with Crippen molar-refractivity contribution in [3.63, 3.8) is 0 Å². The van der Waals surface area contributed by atoms with E-state index in [1.165, 1.54) is 6.42 Å². The second kappa shape index (κ2) is 10.6. The number of rotatable bonds is 7. The van der Waals surface area contributed by atoms with Crippen LogP contribution in [0.25, 0.3) is 16.6 Å². The summed E-state index contributed by atoms with van der Waals surface area (Å²) in [7, 11) is 0. The summed E-state index contributed by atoms with van der Waals surface area (Å²) in [5.41, 5.74) is 4.58. The Labute approximate surface area is 217 Å². The van der Waals surface area contributed by atoms with E-state index in [2.05, 4.69) is 10.2 Å². The Bertz CT molecular complexity index is 1440. The lowest BCUT2D eigenvalue weighted by Crippen LogP contribution is -2.29. The molecule has 1 saturated heterocycles. The summed E-state index contributed by atoms with van der Waals surface area (Å²) in [4.78, 5) is 29.1. The van der Waals surface area contributed by atoms with Crippen LogP contribution >= 0.6 is 0 Å². The van der Waals surface area contributed by atoms with Gasteiger partial charge in [0.25, 0.3) is 5.91 Å². The summed E-state index contributed by atoms with van der Waals surface area (Å²) in [6.45, 7) is 6.07. The monoisotopic (exact) mass is 495 g/mol. The minimum absolute atomic E-state index is 0.0103. The Balaban J connectivity index is 1.79. The number of Topliss-reactive ketones (excluding diaryl/α,β-unsaturated/α-hetero) is 1. The fourth-order valence-electron chi connectivity index (χ4n) is 5.44. The molecule has 5 rings (SSSR count). The third kappa shape index (κ3) is 4.77. The Hall–Kier alpha value is -3.90. The first-order chi connectivity index (χ1) is 18.0. The second-order valence-corrected chi connectivity index (χ2v) is 9.71. The maximum atomic E-state index is 13.8. The summed E-state index contributed by atoms with van der Waals surface area (Å²) in [5.74, 6) is -0.366. The number of phenols is 1. The van der Waals surface area contributed by atoms with E-state index in [4.69, 9.17) is 0 Å². The van der Waals surface area contributed by atoms with Gasteiger partial charge in [-0.15, -0.1) is 0 Å². The van der Waals surface area contributed by atoms with E-state index in [-0.39, 0.29) is 23.9 Å². The molecule has 4 aromatic rings. The van der Waals surface area contributed by atoms with Gasteiger partial charge in [-0.05, 0) is 63.2 Å². The van der Waals surface area contributed by atoms with Gasteiger partial charge in [-0.3, -0.25) is 14.5 Å². The largest absolute Gasteiger partial charge is 0.507 e. The Morgan fingerprint density at radius 3 is 2.24 bits per heavy atom. The Morgan fingerprint density at radius 2 is 1.59 bits per heavy atom. The fourth-order valence-corrected chi connectivity index (χ4v) is 5.44. The normalized spacial score (nSPS) is 14.1. The predicted octanol–water partition coefficient (Wildman–Crippen LogP) is 6.48. The van der Waals surface area contributed by atoms with Crippen LogP contribution in [0.15, 0.2) is 66.7 Å². The minimum atomic E-state index is -0.239. The van der Waals surface area contributed by atoms with E-state index in [0.29, 0.717) is 34.3 Å². The molecule has 2 N–H and O–H groups in total. The smallest absolute Gasteiger partial charge is 0.258 e. The molecule has 0 spiro atoms. The highest BCUT2D eigenvalue weighted by Crippen LogP contribution is 2.40. The summed E-state index contributed by atoms with van der Waals surface area (Å²) >= 11 is 0. The van der Waals surface area contributed by atoms with Crippen molar-refractivity contribution in [2.45, 2.75) is 46.1 Å². The van der Waals surface area contributed by atoms with E-state index in [9.17, 15) is 14.7 Å². The zero-order valence-electron chi connectivity index (χ0n) is 21.5. The number of carbonyl (C=O) groups excluding carboxylic acids is 2. The number of amides is 1. The number of hydrogen-bond acceptors (Lipinski definition) is 4. The molecule has 37 heavy (non-hydrogen) atoms. The minimum Gasteiger partial charge on any atom is -0.507 e. The van der Waals surface area contributed by atoms with Crippen LogP contribution in [0, 0.1) is 6.92 Å². The predicted molar refractivity (Wildman–Crippen MR) is 148 cm³/mol. The molecule has 190 valence electrons. The molecular formula is C31H33N3O3.